The molecule has 0 saturated carbocycles. The van der Waals surface area contributed by atoms with Crippen LogP contribution in [0.2, 0.25) is 0 Å². The number of nitrogens with two attached hydrogens (primary N) is 1. The monoisotopic (exact) mass is 298 g/mol. The molecule has 0 spiro atoms. The summed E-state index contributed by atoms with van der Waals surface area (Å²) in [5.41, 5.74) is 9.30. The van der Waals surface area contributed by atoms with E-state index in [-0.39, 0.29) is 5.91 Å². The zero-order valence-corrected chi connectivity index (χ0v) is 13.1. The van der Waals surface area contributed by atoms with Crippen LogP contribution in [0.4, 0.5) is 0 Å². The van der Waals surface area contributed by atoms with Gasteiger partial charge >= 0.3 is 0 Å². The number of hydrogen-bond acceptors (Lipinski definition) is 3. The minimum atomic E-state index is -0.105. The van der Waals surface area contributed by atoms with E-state index in [9.17, 15) is 4.79 Å². The SMILES string of the molecule is CCOc1cc(C)ccc1CNC(=O)c1ccc(CN)cc1. The lowest BCUT2D eigenvalue weighted by Crippen LogP contribution is -2.23. The Morgan fingerprint density at radius 1 is 1.18 bits per heavy atom. The Hall–Kier alpha value is -2.33. The molecule has 0 fully saturated rings. The van der Waals surface area contributed by atoms with Gasteiger partial charge in [-0.25, -0.2) is 0 Å². The van der Waals surface area contributed by atoms with Gasteiger partial charge < -0.3 is 15.8 Å². The minimum absolute atomic E-state index is 0.105. The van der Waals surface area contributed by atoms with Crippen LogP contribution >= 0.6 is 0 Å². The van der Waals surface area contributed by atoms with Crippen molar-refractivity contribution in [3.8, 4) is 5.75 Å². The summed E-state index contributed by atoms with van der Waals surface area (Å²) < 4.78 is 5.62. The van der Waals surface area contributed by atoms with Gasteiger partial charge in [-0.2, -0.15) is 0 Å². The fourth-order valence-electron chi connectivity index (χ4n) is 2.17. The molecular weight excluding hydrogens is 276 g/mol. The molecule has 0 aromatic heterocycles. The highest BCUT2D eigenvalue weighted by Gasteiger charge is 2.08. The van der Waals surface area contributed by atoms with Crippen LogP contribution in [-0.4, -0.2) is 12.5 Å². The maximum Gasteiger partial charge on any atom is 0.251 e. The molecule has 0 atom stereocenters. The topological polar surface area (TPSA) is 64.3 Å². The Bertz CT molecular complexity index is 636. The second kappa shape index (κ2) is 7.61. The highest BCUT2D eigenvalue weighted by molar-refractivity contribution is 5.94. The number of carbonyl (C=O) groups excluding carboxylic acids is 1. The smallest absolute Gasteiger partial charge is 0.251 e. The van der Waals surface area contributed by atoms with Crippen molar-refractivity contribution in [3.05, 3.63) is 64.7 Å². The third-order valence-corrected chi connectivity index (χ3v) is 3.41. The van der Waals surface area contributed by atoms with Gasteiger partial charge in [0, 0.05) is 24.2 Å². The average molecular weight is 298 g/mol. The van der Waals surface area contributed by atoms with E-state index in [1.807, 2.05) is 44.2 Å². The molecule has 0 bridgehead atoms. The van der Waals surface area contributed by atoms with E-state index in [0.29, 0.717) is 25.3 Å². The predicted octanol–water partition coefficient (Wildman–Crippen LogP) is 2.78. The van der Waals surface area contributed by atoms with Crippen molar-refractivity contribution in [2.45, 2.75) is 26.9 Å². The van der Waals surface area contributed by atoms with Crippen LogP contribution in [0.25, 0.3) is 0 Å². The van der Waals surface area contributed by atoms with Crippen LogP contribution in [-0.2, 0) is 13.1 Å². The second-order valence-corrected chi connectivity index (χ2v) is 5.13. The van der Waals surface area contributed by atoms with E-state index in [0.717, 1.165) is 22.4 Å². The van der Waals surface area contributed by atoms with Crippen LogP contribution in [0.1, 0.15) is 34.0 Å². The number of nitrogens with one attached hydrogen (secondary N) is 1. The molecule has 2 aromatic rings. The van der Waals surface area contributed by atoms with Gasteiger partial charge in [0.2, 0.25) is 0 Å². The van der Waals surface area contributed by atoms with Crippen LogP contribution in [0.15, 0.2) is 42.5 Å². The first-order chi connectivity index (χ1) is 10.6. The Labute approximate surface area is 131 Å². The summed E-state index contributed by atoms with van der Waals surface area (Å²) in [6.45, 7) is 5.48. The summed E-state index contributed by atoms with van der Waals surface area (Å²) in [6, 6.07) is 13.3. The molecule has 0 aliphatic rings. The zero-order chi connectivity index (χ0) is 15.9. The highest BCUT2D eigenvalue weighted by atomic mass is 16.5. The Morgan fingerprint density at radius 3 is 2.55 bits per heavy atom. The summed E-state index contributed by atoms with van der Waals surface area (Å²) in [4.78, 5) is 12.2. The summed E-state index contributed by atoms with van der Waals surface area (Å²) in [5.74, 6) is 0.716. The first kappa shape index (κ1) is 16.0. The van der Waals surface area contributed by atoms with E-state index in [2.05, 4.69) is 5.32 Å². The van der Waals surface area contributed by atoms with E-state index in [4.69, 9.17) is 10.5 Å². The number of aryl methyl sites for hydroxylation is 1. The Kier molecular flexibility index (Phi) is 5.55. The predicted molar refractivity (Wildman–Crippen MR) is 87.9 cm³/mol. The van der Waals surface area contributed by atoms with Crippen molar-refractivity contribution in [3.63, 3.8) is 0 Å². The standard InChI is InChI=1S/C18H22N2O2/c1-3-22-17-10-13(2)4-7-16(17)12-20-18(21)15-8-5-14(11-19)6-9-15/h4-10H,3,11-12,19H2,1-2H3,(H,20,21). The maximum atomic E-state index is 12.2. The van der Waals surface area contributed by atoms with Crippen LogP contribution < -0.4 is 15.8 Å². The Balaban J connectivity index is 2.04. The molecule has 3 N–H and O–H groups in total. The number of rotatable bonds is 6. The molecule has 2 rings (SSSR count). The number of carbonyl (C=O) groups is 1. The van der Waals surface area contributed by atoms with E-state index in [1.54, 1.807) is 12.1 Å². The maximum absolute atomic E-state index is 12.2. The normalized spacial score (nSPS) is 10.3. The Morgan fingerprint density at radius 2 is 1.91 bits per heavy atom. The van der Waals surface area contributed by atoms with Gasteiger partial charge in [0.15, 0.2) is 0 Å². The summed E-state index contributed by atoms with van der Waals surface area (Å²) in [5, 5.41) is 2.92. The molecule has 4 heteroatoms. The van der Waals surface area contributed by atoms with Crippen LogP contribution in [0.5, 0.6) is 5.75 Å². The van der Waals surface area contributed by atoms with E-state index >= 15 is 0 Å². The second-order valence-electron chi connectivity index (χ2n) is 5.13. The van der Waals surface area contributed by atoms with Crippen LogP contribution in [0.3, 0.4) is 0 Å². The zero-order valence-electron chi connectivity index (χ0n) is 13.1. The lowest BCUT2D eigenvalue weighted by molar-refractivity contribution is 0.0950. The number of benzene rings is 2. The lowest BCUT2D eigenvalue weighted by atomic mass is 10.1. The average Bonchev–Trinajstić information content (AvgIpc) is 2.54. The van der Waals surface area contributed by atoms with Gasteiger partial charge in [0.05, 0.1) is 6.61 Å². The number of amides is 1. The fourth-order valence-corrected chi connectivity index (χ4v) is 2.17. The van der Waals surface area contributed by atoms with Crippen molar-refractivity contribution in [1.29, 1.82) is 0 Å². The van der Waals surface area contributed by atoms with Crippen molar-refractivity contribution < 1.29 is 9.53 Å². The third-order valence-electron chi connectivity index (χ3n) is 3.41. The summed E-state index contributed by atoms with van der Waals surface area (Å²) in [7, 11) is 0. The lowest BCUT2D eigenvalue weighted by Gasteiger charge is -2.12. The molecule has 22 heavy (non-hydrogen) atoms. The van der Waals surface area contributed by atoms with Gasteiger partial charge in [0.1, 0.15) is 5.75 Å². The van der Waals surface area contributed by atoms with Gasteiger partial charge in [-0.1, -0.05) is 24.3 Å². The molecule has 0 aliphatic heterocycles. The molecule has 0 saturated heterocycles. The van der Waals surface area contributed by atoms with E-state index in [1.165, 1.54) is 0 Å². The molecule has 0 heterocycles. The van der Waals surface area contributed by atoms with Crippen molar-refractivity contribution in [2.75, 3.05) is 6.61 Å². The molecule has 0 aliphatic carbocycles. The third kappa shape index (κ3) is 4.09. The van der Waals surface area contributed by atoms with Gasteiger partial charge in [0.25, 0.3) is 5.91 Å². The van der Waals surface area contributed by atoms with Crippen molar-refractivity contribution in [1.82, 2.24) is 5.32 Å². The largest absolute Gasteiger partial charge is 0.494 e. The first-order valence-corrected chi connectivity index (χ1v) is 7.43. The molecule has 4 nitrogen and oxygen atoms in total. The molecular formula is C18H22N2O2. The van der Waals surface area contributed by atoms with Crippen molar-refractivity contribution >= 4 is 5.91 Å². The highest BCUT2D eigenvalue weighted by Crippen LogP contribution is 2.20. The van der Waals surface area contributed by atoms with Gasteiger partial charge in [-0.3, -0.25) is 4.79 Å². The quantitative estimate of drug-likeness (QED) is 0.862. The molecule has 116 valence electrons. The minimum Gasteiger partial charge on any atom is -0.494 e. The summed E-state index contributed by atoms with van der Waals surface area (Å²) in [6.07, 6.45) is 0. The number of ether oxygens (including phenoxy) is 1. The molecule has 0 unspecified atom stereocenters. The van der Waals surface area contributed by atoms with Crippen LogP contribution in [0, 0.1) is 6.92 Å². The number of hydrogen-bond donors (Lipinski definition) is 2. The van der Waals surface area contributed by atoms with Crippen molar-refractivity contribution in [2.24, 2.45) is 5.73 Å². The van der Waals surface area contributed by atoms with E-state index < -0.39 is 0 Å². The fraction of sp³-hybridized carbons (Fsp3) is 0.278. The first-order valence-electron chi connectivity index (χ1n) is 7.43. The molecule has 1 amide bonds. The summed E-state index contributed by atoms with van der Waals surface area (Å²) >= 11 is 0. The van der Waals surface area contributed by atoms with Gasteiger partial charge in [-0.05, 0) is 43.2 Å². The van der Waals surface area contributed by atoms with Gasteiger partial charge in [-0.15, -0.1) is 0 Å². The molecule has 2 aromatic carbocycles. The molecule has 0 radical (unpaired) electrons.